The van der Waals surface area contributed by atoms with E-state index < -0.39 is 12.2 Å². The summed E-state index contributed by atoms with van der Waals surface area (Å²) in [4.78, 5) is 0. The fourth-order valence-corrected chi connectivity index (χ4v) is 6.70. The van der Waals surface area contributed by atoms with Crippen molar-refractivity contribution in [3.05, 3.63) is 35.5 Å². The quantitative estimate of drug-likeness (QED) is 0.467. The number of hydrogen-bond acceptors (Lipinski definition) is 2. The van der Waals surface area contributed by atoms with Crippen molar-refractivity contribution in [3.8, 4) is 0 Å². The highest BCUT2D eigenvalue weighted by Gasteiger charge is 2.50. The van der Waals surface area contributed by atoms with Gasteiger partial charge in [0.1, 0.15) is 0 Å². The molecular weight excluding hydrogens is 368 g/mol. The van der Waals surface area contributed by atoms with Gasteiger partial charge in [0.15, 0.2) is 0 Å². The van der Waals surface area contributed by atoms with Crippen LogP contribution >= 0.6 is 0 Å². The minimum atomic E-state index is -0.597. The van der Waals surface area contributed by atoms with E-state index in [4.69, 9.17) is 0 Å². The van der Waals surface area contributed by atoms with Crippen LogP contribution in [-0.2, 0) is 0 Å². The van der Waals surface area contributed by atoms with E-state index in [9.17, 15) is 10.2 Å². The molecule has 170 valence electrons. The number of hydrogen-bond donors (Lipinski definition) is 2. The zero-order valence-electron chi connectivity index (χ0n) is 20.2. The topological polar surface area (TPSA) is 40.5 Å². The number of rotatable bonds is 6. The van der Waals surface area contributed by atoms with Gasteiger partial charge in [0.2, 0.25) is 0 Å². The van der Waals surface area contributed by atoms with Crippen LogP contribution in [0.2, 0.25) is 0 Å². The van der Waals surface area contributed by atoms with Crippen molar-refractivity contribution in [2.75, 3.05) is 0 Å². The Morgan fingerprint density at radius 3 is 2.33 bits per heavy atom. The van der Waals surface area contributed by atoms with Crippen LogP contribution in [0.4, 0.5) is 0 Å². The van der Waals surface area contributed by atoms with Gasteiger partial charge in [-0.2, -0.15) is 0 Å². The molecule has 3 rings (SSSR count). The van der Waals surface area contributed by atoms with E-state index in [0.717, 1.165) is 29.2 Å². The third-order valence-corrected chi connectivity index (χ3v) is 9.24. The van der Waals surface area contributed by atoms with Gasteiger partial charge in [0, 0.05) is 0 Å². The lowest BCUT2D eigenvalue weighted by molar-refractivity contribution is 0.0907. The van der Waals surface area contributed by atoms with Crippen LogP contribution in [0.15, 0.2) is 35.5 Å². The molecule has 0 unspecified atom stereocenters. The van der Waals surface area contributed by atoms with Crippen LogP contribution in [-0.4, -0.2) is 22.4 Å². The molecule has 2 N–H and O–H groups in total. The molecule has 0 aliphatic heterocycles. The molecule has 0 aromatic rings. The lowest BCUT2D eigenvalue weighted by atomic mass is 9.60. The van der Waals surface area contributed by atoms with Crippen LogP contribution < -0.4 is 0 Å². The molecule has 2 nitrogen and oxygen atoms in total. The van der Waals surface area contributed by atoms with Crippen LogP contribution in [0.25, 0.3) is 0 Å². The minimum absolute atomic E-state index is 0.447. The summed E-state index contributed by atoms with van der Waals surface area (Å²) in [6.07, 6.45) is 14.0. The van der Waals surface area contributed by atoms with E-state index in [0.29, 0.717) is 29.7 Å². The van der Waals surface area contributed by atoms with Crippen LogP contribution in [0, 0.1) is 35.0 Å². The van der Waals surface area contributed by atoms with Crippen molar-refractivity contribution >= 4 is 0 Å². The Morgan fingerprint density at radius 2 is 1.70 bits per heavy atom. The van der Waals surface area contributed by atoms with Crippen LogP contribution in [0.1, 0.15) is 92.4 Å². The molecule has 3 fully saturated rings. The SMILES string of the molecule is C=C1[C@H](O)CC(=CC=C2CCC[C@]3(C)[C@@H]([C@H](C)CC[C@H](C)C(C)C)CC[C@@H]23)C[C@H]1O. The highest BCUT2D eigenvalue weighted by molar-refractivity contribution is 5.29. The summed E-state index contributed by atoms with van der Waals surface area (Å²) >= 11 is 0. The van der Waals surface area contributed by atoms with Gasteiger partial charge in [0.05, 0.1) is 12.2 Å². The summed E-state index contributed by atoms with van der Waals surface area (Å²) in [7, 11) is 0. The van der Waals surface area contributed by atoms with Gasteiger partial charge in [-0.25, -0.2) is 0 Å². The van der Waals surface area contributed by atoms with Crippen LogP contribution in [0.3, 0.4) is 0 Å². The second-order valence-electron chi connectivity index (χ2n) is 11.5. The van der Waals surface area contributed by atoms with Gasteiger partial charge in [-0.3, -0.25) is 0 Å². The molecular formula is C28H46O2. The van der Waals surface area contributed by atoms with Crippen molar-refractivity contribution in [1.82, 2.24) is 0 Å². The van der Waals surface area contributed by atoms with Gasteiger partial charge < -0.3 is 10.2 Å². The third-order valence-electron chi connectivity index (χ3n) is 9.24. The highest BCUT2D eigenvalue weighted by atomic mass is 16.3. The predicted molar refractivity (Wildman–Crippen MR) is 127 cm³/mol. The Hall–Kier alpha value is -0.860. The van der Waals surface area contributed by atoms with E-state index in [1.807, 2.05) is 0 Å². The van der Waals surface area contributed by atoms with Gasteiger partial charge in [-0.1, -0.05) is 77.3 Å². The summed E-state index contributed by atoms with van der Waals surface area (Å²) in [5.41, 5.74) is 3.80. The largest absolute Gasteiger partial charge is 0.388 e. The lowest BCUT2D eigenvalue weighted by Gasteiger charge is -2.44. The summed E-state index contributed by atoms with van der Waals surface area (Å²) < 4.78 is 0. The molecule has 3 saturated carbocycles. The first-order chi connectivity index (χ1) is 14.1. The molecule has 0 radical (unpaired) electrons. The van der Waals surface area contributed by atoms with Crippen molar-refractivity contribution in [2.45, 2.75) is 105 Å². The molecule has 7 atom stereocenters. The third kappa shape index (κ3) is 4.96. The number of aliphatic hydroxyl groups excluding tert-OH is 2. The molecule has 0 aromatic heterocycles. The molecule has 2 heteroatoms. The number of aliphatic hydroxyl groups is 2. The average molecular weight is 415 g/mol. The summed E-state index contributed by atoms with van der Waals surface area (Å²) in [5.74, 6) is 3.98. The first kappa shape index (κ1) is 23.8. The average Bonchev–Trinajstić information content (AvgIpc) is 3.05. The first-order valence-electron chi connectivity index (χ1n) is 12.6. The zero-order chi connectivity index (χ0) is 22.1. The van der Waals surface area contributed by atoms with Crippen molar-refractivity contribution in [3.63, 3.8) is 0 Å². The Labute approximate surface area is 185 Å². The second-order valence-corrected chi connectivity index (χ2v) is 11.5. The molecule has 30 heavy (non-hydrogen) atoms. The Morgan fingerprint density at radius 1 is 1.03 bits per heavy atom. The summed E-state index contributed by atoms with van der Waals surface area (Å²) in [5, 5.41) is 20.3. The van der Waals surface area contributed by atoms with E-state index in [1.54, 1.807) is 5.57 Å². The normalized spacial score (nSPS) is 38.1. The second kappa shape index (κ2) is 9.74. The molecule has 3 aliphatic rings. The van der Waals surface area contributed by atoms with Gasteiger partial charge in [-0.15, -0.1) is 0 Å². The van der Waals surface area contributed by atoms with Crippen molar-refractivity contribution in [1.29, 1.82) is 0 Å². The Kier molecular flexibility index (Phi) is 7.72. The maximum atomic E-state index is 10.1. The van der Waals surface area contributed by atoms with E-state index in [-0.39, 0.29) is 0 Å². The fraction of sp³-hybridized carbons (Fsp3) is 0.786. The van der Waals surface area contributed by atoms with Gasteiger partial charge in [0.25, 0.3) is 0 Å². The minimum Gasteiger partial charge on any atom is -0.388 e. The van der Waals surface area contributed by atoms with E-state index >= 15 is 0 Å². The monoisotopic (exact) mass is 414 g/mol. The van der Waals surface area contributed by atoms with E-state index in [2.05, 4.69) is 53.3 Å². The molecule has 0 amide bonds. The van der Waals surface area contributed by atoms with Crippen molar-refractivity contribution < 1.29 is 10.2 Å². The van der Waals surface area contributed by atoms with Gasteiger partial charge in [-0.05, 0) is 85.5 Å². The standard InChI is InChI=1S/C28H46O2/c1-18(2)19(3)9-10-20(4)24-13-14-25-23(8-7-15-28(24,25)6)12-11-22-16-26(29)21(5)27(30)17-22/h11-12,18-20,24-27,29-30H,5,7-10,13-17H2,1-4,6H3/t19-,20+,24+,25-,26+,27+,28+/m0/s1. The number of allylic oxidation sites excluding steroid dienone is 3. The zero-order valence-corrected chi connectivity index (χ0v) is 20.2. The fourth-order valence-electron chi connectivity index (χ4n) is 6.70. The maximum absolute atomic E-state index is 10.1. The molecule has 0 aromatic carbocycles. The van der Waals surface area contributed by atoms with Gasteiger partial charge >= 0.3 is 0 Å². The lowest BCUT2D eigenvalue weighted by Crippen LogP contribution is -2.36. The smallest absolute Gasteiger partial charge is 0.0809 e. The first-order valence-corrected chi connectivity index (χ1v) is 12.6. The summed E-state index contributed by atoms with van der Waals surface area (Å²) in [6.45, 7) is 16.1. The molecule has 3 aliphatic carbocycles. The predicted octanol–water partition coefficient (Wildman–Crippen LogP) is 6.84. The maximum Gasteiger partial charge on any atom is 0.0809 e. The number of fused-ring (bicyclic) bond motifs is 1. The molecule has 0 saturated heterocycles. The Balaban J connectivity index is 1.69. The molecule has 0 heterocycles. The van der Waals surface area contributed by atoms with E-state index in [1.165, 1.54) is 44.9 Å². The highest BCUT2D eigenvalue weighted by Crippen LogP contribution is 2.60. The van der Waals surface area contributed by atoms with Crippen LogP contribution in [0.5, 0.6) is 0 Å². The molecule has 0 spiro atoms. The Bertz CT molecular complexity index is 656. The van der Waals surface area contributed by atoms with Crippen molar-refractivity contribution in [2.24, 2.45) is 35.0 Å². The molecule has 0 bridgehead atoms. The summed E-state index contributed by atoms with van der Waals surface area (Å²) in [6, 6.07) is 0.